The molecule has 0 saturated heterocycles. The Hall–Kier alpha value is -4.64. The summed E-state index contributed by atoms with van der Waals surface area (Å²) in [7, 11) is 0. The second kappa shape index (κ2) is 13.2. The van der Waals surface area contributed by atoms with Gasteiger partial charge >= 0.3 is 21.1 Å². The molecular formula is C50H46N4OPtS. The Morgan fingerprint density at radius 3 is 2.49 bits per heavy atom. The van der Waals surface area contributed by atoms with E-state index in [0.717, 1.165) is 65.8 Å². The van der Waals surface area contributed by atoms with Crippen LogP contribution in [0.25, 0.3) is 27.6 Å². The normalized spacial score (nSPS) is 20.9. The number of ether oxygens (including phenoxy) is 1. The van der Waals surface area contributed by atoms with E-state index in [4.69, 9.17) is 14.7 Å². The molecule has 0 unspecified atom stereocenters. The number of para-hydroxylation sites is 1. The van der Waals surface area contributed by atoms with Crippen molar-refractivity contribution in [3.63, 3.8) is 0 Å². The first kappa shape index (κ1) is 35.5. The molecule has 2 aliphatic heterocycles. The maximum atomic E-state index is 9.46. The molecular weight excluding hydrogens is 900 g/mol. The maximum absolute atomic E-state index is 9.46. The molecule has 57 heavy (non-hydrogen) atoms. The number of hydrogen-bond donors (Lipinski definition) is 0. The monoisotopic (exact) mass is 947 g/mol. The van der Waals surface area contributed by atoms with E-state index in [9.17, 15) is 2.74 Å². The number of rotatable bonds is 4. The maximum Gasteiger partial charge on any atom is 2.00 e. The molecule has 0 fully saturated rings. The third-order valence-electron chi connectivity index (χ3n) is 12.0. The molecule has 0 amide bonds. The van der Waals surface area contributed by atoms with E-state index in [1.807, 2.05) is 45.2 Å². The molecule has 7 aromatic rings. The first-order valence-corrected chi connectivity index (χ1v) is 20.3. The molecule has 2 aromatic heterocycles. The van der Waals surface area contributed by atoms with Gasteiger partial charge in [-0.25, -0.2) is 4.98 Å². The van der Waals surface area contributed by atoms with Crippen LogP contribution in [0.4, 0.5) is 17.1 Å². The van der Waals surface area contributed by atoms with Gasteiger partial charge in [0.1, 0.15) is 22.9 Å². The van der Waals surface area contributed by atoms with Crippen LogP contribution in [0.15, 0.2) is 112 Å². The summed E-state index contributed by atoms with van der Waals surface area (Å²) in [6.45, 7) is 19.1. The molecule has 7 heteroatoms. The average molecular weight is 948 g/mol. The number of anilines is 3. The number of hydrogen-bond acceptors (Lipinski definition) is 5. The molecule has 5 nitrogen and oxygen atoms in total. The molecule has 0 bridgehead atoms. The minimum atomic E-state index is -1.77. The van der Waals surface area contributed by atoms with Crippen molar-refractivity contribution in [3.05, 3.63) is 148 Å². The molecule has 0 radical (unpaired) electrons. The summed E-state index contributed by atoms with van der Waals surface area (Å²) in [4.78, 5) is 14.8. The SMILES string of the molecule is [2H]C1([2H])c2c(C)cccc2[C@@]2(C)N=C(c3[c-]c(N4c5[c-]c6c(cc5Sc5ccccc54)c4cc(C)ccc4n6-c4cc(C(C)(C)C)ccn4)cc(C(C)C)c3)O[C@@]12C.[Pt+2]. The number of nitrogens with zero attached hydrogens (tertiary/aromatic N) is 4. The van der Waals surface area contributed by atoms with Gasteiger partial charge in [-0.15, -0.1) is 41.3 Å². The van der Waals surface area contributed by atoms with E-state index in [1.54, 1.807) is 11.8 Å². The number of benzene rings is 5. The Balaban J connectivity index is 0.00000449. The Bertz CT molecular complexity index is 2930. The smallest absolute Gasteiger partial charge is 0.511 e. The summed E-state index contributed by atoms with van der Waals surface area (Å²) in [6.07, 6.45) is 0.146. The predicted molar refractivity (Wildman–Crippen MR) is 231 cm³/mol. The molecule has 0 N–H and O–H groups in total. The first-order valence-electron chi connectivity index (χ1n) is 20.5. The van der Waals surface area contributed by atoms with Crippen molar-refractivity contribution in [1.29, 1.82) is 0 Å². The topological polar surface area (TPSA) is 42.7 Å². The van der Waals surface area contributed by atoms with Crippen molar-refractivity contribution in [1.82, 2.24) is 9.55 Å². The third-order valence-corrected chi connectivity index (χ3v) is 13.1. The Kier molecular flexibility index (Phi) is 8.22. The molecule has 0 spiro atoms. The van der Waals surface area contributed by atoms with Crippen LogP contribution in [0.2, 0.25) is 0 Å². The van der Waals surface area contributed by atoms with Crippen molar-refractivity contribution in [2.75, 3.05) is 4.90 Å². The summed E-state index contributed by atoms with van der Waals surface area (Å²) in [5.41, 5.74) is 9.30. The second-order valence-electron chi connectivity index (χ2n) is 17.3. The summed E-state index contributed by atoms with van der Waals surface area (Å²) < 4.78 is 28.0. The van der Waals surface area contributed by atoms with Crippen LogP contribution in [-0.4, -0.2) is 21.0 Å². The van der Waals surface area contributed by atoms with Crippen molar-refractivity contribution < 1.29 is 28.5 Å². The number of aryl methyl sites for hydroxylation is 2. The predicted octanol–water partition coefficient (Wildman–Crippen LogP) is 12.8. The Labute approximate surface area is 357 Å². The van der Waals surface area contributed by atoms with Crippen LogP contribution >= 0.6 is 11.8 Å². The van der Waals surface area contributed by atoms with Crippen LogP contribution < -0.4 is 4.90 Å². The van der Waals surface area contributed by atoms with E-state index in [2.05, 4.69) is 136 Å². The average Bonchev–Trinajstić information content (AvgIpc) is 3.70. The minimum absolute atomic E-state index is 0. The van der Waals surface area contributed by atoms with Gasteiger partial charge in [-0.2, -0.15) is 11.8 Å². The molecule has 4 heterocycles. The van der Waals surface area contributed by atoms with Gasteiger partial charge in [0.25, 0.3) is 0 Å². The van der Waals surface area contributed by atoms with E-state index in [1.165, 1.54) is 16.5 Å². The zero-order chi connectivity index (χ0) is 40.7. The molecule has 1 aliphatic carbocycles. The molecule has 5 aromatic carbocycles. The summed E-state index contributed by atoms with van der Waals surface area (Å²) >= 11 is 1.76. The van der Waals surface area contributed by atoms with E-state index < -0.39 is 17.5 Å². The zero-order valence-electron chi connectivity index (χ0n) is 35.7. The fraction of sp³-hybridized carbons (Fsp3) is 0.280. The van der Waals surface area contributed by atoms with Crippen molar-refractivity contribution in [3.8, 4) is 5.82 Å². The third kappa shape index (κ3) is 5.76. The molecule has 10 rings (SSSR count). The molecule has 288 valence electrons. The summed E-state index contributed by atoms with van der Waals surface area (Å²) in [5, 5.41) is 2.29. The van der Waals surface area contributed by atoms with Gasteiger partial charge in [0.05, 0.1) is 5.69 Å². The van der Waals surface area contributed by atoms with Gasteiger partial charge in [-0.1, -0.05) is 104 Å². The van der Waals surface area contributed by atoms with Gasteiger partial charge in [-0.05, 0) is 103 Å². The minimum Gasteiger partial charge on any atom is -0.511 e. The Morgan fingerprint density at radius 2 is 1.70 bits per heavy atom. The molecule has 0 saturated carbocycles. The van der Waals surface area contributed by atoms with Crippen LogP contribution in [-0.2, 0) is 43.1 Å². The van der Waals surface area contributed by atoms with E-state index in [-0.39, 0.29) is 32.4 Å². The fourth-order valence-electron chi connectivity index (χ4n) is 8.61. The zero-order valence-corrected chi connectivity index (χ0v) is 36.8. The molecule has 2 atom stereocenters. The number of aliphatic imine (C=N–C) groups is 1. The van der Waals surface area contributed by atoms with Gasteiger partial charge in [-0.3, -0.25) is 4.99 Å². The largest absolute Gasteiger partial charge is 2.00 e. The van der Waals surface area contributed by atoms with Crippen LogP contribution in [0.3, 0.4) is 0 Å². The van der Waals surface area contributed by atoms with Gasteiger partial charge in [0.15, 0.2) is 0 Å². The van der Waals surface area contributed by atoms with E-state index in [0.29, 0.717) is 17.0 Å². The number of aromatic nitrogens is 2. The Morgan fingerprint density at radius 1 is 0.895 bits per heavy atom. The van der Waals surface area contributed by atoms with E-state index >= 15 is 0 Å². The molecule has 3 aliphatic rings. The summed E-state index contributed by atoms with van der Waals surface area (Å²) in [6, 6.07) is 39.8. The number of pyridine rings is 1. The van der Waals surface area contributed by atoms with Crippen LogP contribution in [0, 0.1) is 26.0 Å². The number of fused-ring (bicyclic) bond motifs is 8. The fourth-order valence-corrected chi connectivity index (χ4v) is 9.67. The summed E-state index contributed by atoms with van der Waals surface area (Å²) in [5.74, 6) is 1.45. The van der Waals surface area contributed by atoms with Gasteiger partial charge in [0.2, 0.25) is 0 Å². The van der Waals surface area contributed by atoms with Crippen molar-refractivity contribution in [2.45, 2.75) is 101 Å². The van der Waals surface area contributed by atoms with Crippen molar-refractivity contribution >= 4 is 56.5 Å². The standard InChI is InChI=1S/C50H46N4OS.Pt/c1-29(2)32-22-33(47-52-50(9)39-14-12-13-31(4)38(39)28-49(50,8)55-47)24-35(23-32)53-41-15-10-11-16-44(41)56-45-26-37-36-21-30(3)17-18-40(36)54(42(37)27-43(45)53)46-25-34(19-20-51-46)48(5,6)7;/h10-23,25-26,29H,28H2,1-9H3;/q-2;+2/t49-,50+;/m0./s1/i28D2;. The second-order valence-corrected chi connectivity index (χ2v) is 18.4. The van der Waals surface area contributed by atoms with Crippen molar-refractivity contribution in [2.24, 2.45) is 4.99 Å². The quantitative estimate of drug-likeness (QED) is 0.165. The first-order chi connectivity index (χ1) is 27.5. The van der Waals surface area contributed by atoms with Crippen LogP contribution in [0.1, 0.15) is 96.1 Å². The van der Waals surface area contributed by atoms with Crippen LogP contribution in [0.5, 0.6) is 0 Å². The van der Waals surface area contributed by atoms with Gasteiger partial charge < -0.3 is 14.2 Å². The van der Waals surface area contributed by atoms with Gasteiger partial charge in [0, 0.05) is 25.7 Å².